The molecule has 0 unspecified atom stereocenters. The maximum absolute atomic E-state index is 11.8. The first kappa shape index (κ1) is 21.6. The highest BCUT2D eigenvalue weighted by atomic mass is 16.5. The lowest BCUT2D eigenvalue weighted by Crippen LogP contribution is -2.24. The summed E-state index contributed by atoms with van der Waals surface area (Å²) in [6.07, 6.45) is 0. The Bertz CT molecular complexity index is 946. The first-order valence-electron chi connectivity index (χ1n) is 10.2. The first-order valence-corrected chi connectivity index (χ1v) is 10.2. The van der Waals surface area contributed by atoms with Crippen molar-refractivity contribution in [1.29, 1.82) is 0 Å². The number of carbonyl (C=O) groups is 1. The molecule has 0 aromatic heterocycles. The Kier molecular flexibility index (Phi) is 7.26. The zero-order chi connectivity index (χ0) is 21.4. The van der Waals surface area contributed by atoms with Gasteiger partial charge in [0.15, 0.2) is 0 Å². The third-order valence-corrected chi connectivity index (χ3v) is 4.79. The largest absolute Gasteiger partial charge is 0.462 e. The second kappa shape index (κ2) is 10.1. The number of benzene rings is 3. The Balaban J connectivity index is 1.56. The van der Waals surface area contributed by atoms with Crippen LogP contribution in [0.1, 0.15) is 42.3 Å². The molecular weight excluding hydrogens is 376 g/mol. The fourth-order valence-corrected chi connectivity index (χ4v) is 3.10. The Morgan fingerprint density at radius 1 is 0.867 bits per heavy atom. The summed E-state index contributed by atoms with van der Waals surface area (Å²) in [6, 6.07) is 25.2. The molecular formula is C26H28O4. The zero-order valence-corrected chi connectivity index (χ0v) is 17.8. The summed E-state index contributed by atoms with van der Waals surface area (Å²) >= 11 is 0. The summed E-state index contributed by atoms with van der Waals surface area (Å²) < 4.78 is 16.9. The number of hydrogen-bond acceptors (Lipinski definition) is 4. The van der Waals surface area contributed by atoms with Gasteiger partial charge in [-0.1, -0.05) is 56.3 Å². The van der Waals surface area contributed by atoms with E-state index in [9.17, 15) is 4.79 Å². The van der Waals surface area contributed by atoms with Crippen molar-refractivity contribution in [1.82, 2.24) is 0 Å². The zero-order valence-electron chi connectivity index (χ0n) is 17.8. The molecule has 156 valence electrons. The van der Waals surface area contributed by atoms with Crippen LogP contribution in [-0.4, -0.2) is 19.2 Å². The molecule has 0 radical (unpaired) electrons. The van der Waals surface area contributed by atoms with Crippen molar-refractivity contribution in [2.24, 2.45) is 0 Å². The van der Waals surface area contributed by atoms with Gasteiger partial charge < -0.3 is 14.2 Å². The highest BCUT2D eigenvalue weighted by Gasteiger charge is 2.21. The van der Waals surface area contributed by atoms with E-state index in [4.69, 9.17) is 14.2 Å². The van der Waals surface area contributed by atoms with Gasteiger partial charge >= 0.3 is 5.97 Å². The monoisotopic (exact) mass is 404 g/mol. The average molecular weight is 405 g/mol. The van der Waals surface area contributed by atoms with Crippen LogP contribution in [0, 0.1) is 0 Å². The number of carbonyl (C=O) groups excluding carboxylic acids is 1. The molecule has 3 aromatic carbocycles. The summed E-state index contributed by atoms with van der Waals surface area (Å²) in [5, 5.41) is 0. The van der Waals surface area contributed by atoms with Gasteiger partial charge in [-0.15, -0.1) is 0 Å². The van der Waals surface area contributed by atoms with Gasteiger partial charge in [0.2, 0.25) is 0 Å². The van der Waals surface area contributed by atoms with Crippen LogP contribution < -0.4 is 4.74 Å². The summed E-state index contributed by atoms with van der Waals surface area (Å²) in [7, 11) is 0. The third-order valence-electron chi connectivity index (χ3n) is 4.79. The average Bonchev–Trinajstić information content (AvgIpc) is 2.75. The molecule has 0 bridgehead atoms. The smallest absolute Gasteiger partial charge is 0.338 e. The van der Waals surface area contributed by atoms with Gasteiger partial charge in [-0.3, -0.25) is 0 Å². The van der Waals surface area contributed by atoms with E-state index < -0.39 is 0 Å². The fraction of sp³-hybridized carbons (Fsp3) is 0.269. The Morgan fingerprint density at radius 3 is 2.27 bits per heavy atom. The van der Waals surface area contributed by atoms with Crippen molar-refractivity contribution >= 4 is 5.97 Å². The molecule has 0 fully saturated rings. The van der Waals surface area contributed by atoms with Crippen LogP contribution in [-0.2, 0) is 21.5 Å². The molecule has 0 heterocycles. The molecule has 0 aliphatic carbocycles. The predicted molar refractivity (Wildman–Crippen MR) is 118 cm³/mol. The van der Waals surface area contributed by atoms with Gasteiger partial charge in [0.25, 0.3) is 0 Å². The minimum atomic E-state index is -0.296. The van der Waals surface area contributed by atoms with E-state index in [0.29, 0.717) is 25.4 Å². The van der Waals surface area contributed by atoms with Crippen molar-refractivity contribution < 1.29 is 19.0 Å². The first-order chi connectivity index (χ1) is 14.5. The highest BCUT2D eigenvalue weighted by Crippen LogP contribution is 2.26. The van der Waals surface area contributed by atoms with E-state index in [1.54, 1.807) is 19.1 Å². The van der Waals surface area contributed by atoms with Crippen LogP contribution in [0.3, 0.4) is 0 Å². The van der Waals surface area contributed by atoms with Crippen LogP contribution >= 0.6 is 0 Å². The number of rotatable bonds is 9. The maximum atomic E-state index is 11.8. The SMILES string of the molecule is CCOC(=O)c1ccc(C(C)(C)COCc2cccc(Oc3ccccc3)c2)cc1. The van der Waals surface area contributed by atoms with Crippen LogP contribution in [0.15, 0.2) is 78.9 Å². The van der Waals surface area contributed by atoms with Gasteiger partial charge in [0, 0.05) is 5.41 Å². The molecule has 0 saturated carbocycles. The molecule has 30 heavy (non-hydrogen) atoms. The number of para-hydroxylation sites is 1. The number of ether oxygens (including phenoxy) is 3. The van der Waals surface area contributed by atoms with Crippen LogP contribution in [0.5, 0.6) is 11.5 Å². The molecule has 3 rings (SSSR count). The second-order valence-electron chi connectivity index (χ2n) is 7.74. The number of esters is 1. The van der Waals surface area contributed by atoms with Crippen LogP contribution in [0.2, 0.25) is 0 Å². The minimum Gasteiger partial charge on any atom is -0.462 e. The van der Waals surface area contributed by atoms with Gasteiger partial charge in [-0.05, 0) is 54.4 Å². The maximum Gasteiger partial charge on any atom is 0.338 e. The molecule has 4 heteroatoms. The Hall–Kier alpha value is -3.11. The standard InChI is InChI=1S/C26H28O4/c1-4-29-25(27)21-13-15-22(16-14-21)26(2,3)19-28-18-20-9-8-12-24(17-20)30-23-10-6-5-7-11-23/h5-17H,4,18-19H2,1-3H3. The van der Waals surface area contributed by atoms with E-state index in [-0.39, 0.29) is 11.4 Å². The molecule has 0 aliphatic heterocycles. The van der Waals surface area contributed by atoms with Crippen LogP contribution in [0.4, 0.5) is 0 Å². The molecule has 0 aliphatic rings. The van der Waals surface area contributed by atoms with E-state index >= 15 is 0 Å². The lowest BCUT2D eigenvalue weighted by molar-refractivity contribution is 0.0526. The normalized spacial score (nSPS) is 11.2. The van der Waals surface area contributed by atoms with E-state index in [0.717, 1.165) is 22.6 Å². The summed E-state index contributed by atoms with van der Waals surface area (Å²) in [6.45, 7) is 7.47. The second-order valence-corrected chi connectivity index (χ2v) is 7.74. The summed E-state index contributed by atoms with van der Waals surface area (Å²) in [4.78, 5) is 11.8. The van der Waals surface area contributed by atoms with Crippen molar-refractivity contribution in [2.45, 2.75) is 32.8 Å². The van der Waals surface area contributed by atoms with Gasteiger partial charge in [-0.25, -0.2) is 4.79 Å². The molecule has 3 aromatic rings. The topological polar surface area (TPSA) is 44.8 Å². The predicted octanol–water partition coefficient (Wildman–Crippen LogP) is 6.15. The summed E-state index contributed by atoms with van der Waals surface area (Å²) in [5.41, 5.74) is 2.53. The Morgan fingerprint density at radius 2 is 1.57 bits per heavy atom. The van der Waals surface area contributed by atoms with E-state index in [2.05, 4.69) is 13.8 Å². The van der Waals surface area contributed by atoms with Crippen molar-refractivity contribution in [3.05, 3.63) is 95.6 Å². The van der Waals surface area contributed by atoms with E-state index in [1.165, 1.54) is 0 Å². The lowest BCUT2D eigenvalue weighted by atomic mass is 9.85. The number of hydrogen-bond donors (Lipinski definition) is 0. The van der Waals surface area contributed by atoms with Gasteiger partial charge in [0.05, 0.1) is 25.4 Å². The molecule has 0 saturated heterocycles. The molecule has 0 spiro atoms. The quantitative estimate of drug-likeness (QED) is 0.401. The van der Waals surface area contributed by atoms with E-state index in [1.807, 2.05) is 66.7 Å². The lowest BCUT2D eigenvalue weighted by Gasteiger charge is -2.25. The highest BCUT2D eigenvalue weighted by molar-refractivity contribution is 5.89. The van der Waals surface area contributed by atoms with Crippen LogP contribution in [0.25, 0.3) is 0 Å². The van der Waals surface area contributed by atoms with Crippen molar-refractivity contribution in [3.8, 4) is 11.5 Å². The molecule has 4 nitrogen and oxygen atoms in total. The molecule has 0 amide bonds. The molecule has 0 atom stereocenters. The summed E-state index contributed by atoms with van der Waals surface area (Å²) in [5.74, 6) is 1.30. The molecule has 0 N–H and O–H groups in total. The van der Waals surface area contributed by atoms with Crippen molar-refractivity contribution in [3.63, 3.8) is 0 Å². The van der Waals surface area contributed by atoms with Gasteiger partial charge in [0.1, 0.15) is 11.5 Å². The van der Waals surface area contributed by atoms with Crippen molar-refractivity contribution in [2.75, 3.05) is 13.2 Å². The fourth-order valence-electron chi connectivity index (χ4n) is 3.10. The third kappa shape index (κ3) is 5.94. The minimum absolute atomic E-state index is 0.189. The van der Waals surface area contributed by atoms with Gasteiger partial charge in [-0.2, -0.15) is 0 Å². The Labute approximate surface area is 178 Å².